The van der Waals surface area contributed by atoms with Crippen molar-refractivity contribution in [3.8, 4) is 0 Å². The van der Waals surface area contributed by atoms with Crippen LogP contribution in [0.1, 0.15) is 11.3 Å². The Morgan fingerprint density at radius 3 is 2.67 bits per heavy atom. The molecule has 0 fully saturated rings. The van der Waals surface area contributed by atoms with Crippen molar-refractivity contribution in [2.45, 2.75) is 13.5 Å². The summed E-state index contributed by atoms with van der Waals surface area (Å²) in [5, 5.41) is 15.7. The highest BCUT2D eigenvalue weighted by Crippen LogP contribution is 2.18. The maximum absolute atomic E-state index is 10.6. The second-order valence-corrected chi connectivity index (χ2v) is 4.63. The standard InChI is InChI=1S/C13H12N6O2/c1-8-11-6-15-18(12(11)17-13(14)16-8)7-9-2-4-10(5-3-9)19(20)21/h2-6H,7H2,1H3,(H2,14,16,17). The fourth-order valence-corrected chi connectivity index (χ4v) is 2.13. The number of nitrogen functional groups attached to an aromatic ring is 1. The first-order chi connectivity index (χ1) is 10.0. The number of nitro groups is 1. The first-order valence-electron chi connectivity index (χ1n) is 6.23. The zero-order chi connectivity index (χ0) is 15.0. The molecular formula is C13H12N6O2. The quantitative estimate of drug-likeness (QED) is 0.578. The SMILES string of the molecule is Cc1nc(N)nc2c1cnn2Cc1ccc([N+](=O)[O-])cc1. The summed E-state index contributed by atoms with van der Waals surface area (Å²) in [5.74, 6) is 0.199. The van der Waals surface area contributed by atoms with Crippen LogP contribution in [0.2, 0.25) is 0 Å². The number of benzene rings is 1. The molecule has 0 aliphatic rings. The summed E-state index contributed by atoms with van der Waals surface area (Å²) in [4.78, 5) is 18.5. The Morgan fingerprint density at radius 2 is 2.00 bits per heavy atom. The number of aromatic nitrogens is 4. The minimum absolute atomic E-state index is 0.0616. The molecule has 2 N–H and O–H groups in total. The molecule has 0 atom stereocenters. The summed E-state index contributed by atoms with van der Waals surface area (Å²) >= 11 is 0. The number of nitrogens with two attached hydrogens (primary N) is 1. The second-order valence-electron chi connectivity index (χ2n) is 4.63. The molecule has 0 aliphatic heterocycles. The largest absolute Gasteiger partial charge is 0.368 e. The van der Waals surface area contributed by atoms with E-state index in [0.717, 1.165) is 16.6 Å². The third-order valence-electron chi connectivity index (χ3n) is 3.18. The van der Waals surface area contributed by atoms with E-state index in [2.05, 4.69) is 15.1 Å². The van der Waals surface area contributed by atoms with Crippen LogP contribution in [-0.4, -0.2) is 24.7 Å². The number of aryl methyl sites for hydroxylation is 1. The summed E-state index contributed by atoms with van der Waals surface area (Å²) in [7, 11) is 0. The molecule has 0 unspecified atom stereocenters. The van der Waals surface area contributed by atoms with E-state index < -0.39 is 4.92 Å². The van der Waals surface area contributed by atoms with E-state index in [0.29, 0.717) is 12.2 Å². The zero-order valence-electron chi connectivity index (χ0n) is 11.2. The Balaban J connectivity index is 1.96. The number of fused-ring (bicyclic) bond motifs is 1. The van der Waals surface area contributed by atoms with Crippen molar-refractivity contribution in [1.29, 1.82) is 0 Å². The van der Waals surface area contributed by atoms with Crippen molar-refractivity contribution in [2.75, 3.05) is 5.73 Å². The number of rotatable bonds is 3. The van der Waals surface area contributed by atoms with Crippen LogP contribution in [0, 0.1) is 17.0 Å². The molecular weight excluding hydrogens is 272 g/mol. The Hall–Kier alpha value is -3.03. The van der Waals surface area contributed by atoms with Crippen LogP contribution < -0.4 is 5.73 Å². The van der Waals surface area contributed by atoms with Crippen LogP contribution in [0.5, 0.6) is 0 Å². The van der Waals surface area contributed by atoms with Gasteiger partial charge in [-0.2, -0.15) is 10.1 Å². The number of nitro benzene ring substituents is 1. The minimum atomic E-state index is -0.426. The lowest BCUT2D eigenvalue weighted by Crippen LogP contribution is -2.05. The number of non-ortho nitro benzene ring substituents is 1. The molecule has 0 aliphatic carbocycles. The van der Waals surface area contributed by atoms with Crippen molar-refractivity contribution in [3.05, 3.63) is 51.8 Å². The first kappa shape index (κ1) is 13.0. The van der Waals surface area contributed by atoms with Crippen LogP contribution >= 0.6 is 0 Å². The maximum atomic E-state index is 10.6. The van der Waals surface area contributed by atoms with Crippen LogP contribution in [0.25, 0.3) is 11.0 Å². The van der Waals surface area contributed by atoms with Gasteiger partial charge in [-0.25, -0.2) is 9.67 Å². The number of anilines is 1. The molecule has 0 saturated heterocycles. The highest BCUT2D eigenvalue weighted by Gasteiger charge is 2.10. The summed E-state index contributed by atoms with van der Waals surface area (Å²) < 4.78 is 1.70. The molecule has 8 nitrogen and oxygen atoms in total. The van der Waals surface area contributed by atoms with Crippen molar-refractivity contribution >= 4 is 22.7 Å². The van der Waals surface area contributed by atoms with E-state index in [-0.39, 0.29) is 11.6 Å². The molecule has 3 rings (SSSR count). The summed E-state index contributed by atoms with van der Waals surface area (Å²) in [6.45, 7) is 2.30. The van der Waals surface area contributed by atoms with Gasteiger partial charge >= 0.3 is 0 Å². The second kappa shape index (κ2) is 4.82. The van der Waals surface area contributed by atoms with Gasteiger partial charge in [0.05, 0.1) is 28.7 Å². The molecule has 2 heterocycles. The van der Waals surface area contributed by atoms with Crippen molar-refractivity contribution in [2.24, 2.45) is 0 Å². The van der Waals surface area contributed by atoms with Gasteiger partial charge in [0.25, 0.3) is 5.69 Å². The monoisotopic (exact) mass is 284 g/mol. The lowest BCUT2D eigenvalue weighted by Gasteiger charge is -2.04. The van der Waals surface area contributed by atoms with Gasteiger partial charge in [-0.3, -0.25) is 10.1 Å². The third kappa shape index (κ3) is 2.38. The molecule has 0 amide bonds. The smallest absolute Gasteiger partial charge is 0.269 e. The number of nitrogens with zero attached hydrogens (tertiary/aromatic N) is 5. The van der Waals surface area contributed by atoms with Gasteiger partial charge in [-0.1, -0.05) is 12.1 Å². The molecule has 2 aromatic heterocycles. The van der Waals surface area contributed by atoms with Gasteiger partial charge in [0.2, 0.25) is 5.95 Å². The normalized spacial score (nSPS) is 10.9. The predicted molar refractivity (Wildman–Crippen MR) is 76.7 cm³/mol. The molecule has 3 aromatic rings. The Kier molecular flexibility index (Phi) is 2.98. The van der Waals surface area contributed by atoms with Gasteiger partial charge in [0, 0.05) is 12.1 Å². The van der Waals surface area contributed by atoms with Gasteiger partial charge in [-0.05, 0) is 12.5 Å². The van der Waals surface area contributed by atoms with E-state index in [1.165, 1.54) is 12.1 Å². The average Bonchev–Trinajstić information content (AvgIpc) is 2.83. The highest BCUT2D eigenvalue weighted by molar-refractivity contribution is 5.78. The third-order valence-corrected chi connectivity index (χ3v) is 3.18. The molecule has 0 spiro atoms. The fraction of sp³-hybridized carbons (Fsp3) is 0.154. The van der Waals surface area contributed by atoms with E-state index in [1.807, 2.05) is 6.92 Å². The van der Waals surface area contributed by atoms with Gasteiger partial charge in [0.15, 0.2) is 5.65 Å². The molecule has 0 saturated carbocycles. The predicted octanol–water partition coefficient (Wildman–Crippen LogP) is 1.67. The molecule has 0 bridgehead atoms. The van der Waals surface area contributed by atoms with E-state index in [4.69, 9.17) is 5.73 Å². The van der Waals surface area contributed by atoms with Crippen LogP contribution in [0.15, 0.2) is 30.5 Å². The Morgan fingerprint density at radius 1 is 1.29 bits per heavy atom. The van der Waals surface area contributed by atoms with Gasteiger partial charge in [-0.15, -0.1) is 0 Å². The fourth-order valence-electron chi connectivity index (χ4n) is 2.13. The lowest BCUT2D eigenvalue weighted by atomic mass is 10.2. The Bertz CT molecular complexity index is 825. The molecule has 1 aromatic carbocycles. The number of hydrogen-bond donors (Lipinski definition) is 1. The minimum Gasteiger partial charge on any atom is -0.368 e. The average molecular weight is 284 g/mol. The molecule has 8 heteroatoms. The van der Waals surface area contributed by atoms with E-state index in [9.17, 15) is 10.1 Å². The molecule has 106 valence electrons. The summed E-state index contributed by atoms with van der Waals surface area (Å²) in [5.41, 5.74) is 8.03. The van der Waals surface area contributed by atoms with Crippen LogP contribution in [0.4, 0.5) is 11.6 Å². The lowest BCUT2D eigenvalue weighted by molar-refractivity contribution is -0.384. The molecule has 0 radical (unpaired) electrons. The zero-order valence-corrected chi connectivity index (χ0v) is 11.2. The maximum Gasteiger partial charge on any atom is 0.269 e. The number of hydrogen-bond acceptors (Lipinski definition) is 6. The summed E-state index contributed by atoms with van der Waals surface area (Å²) in [6, 6.07) is 6.33. The van der Waals surface area contributed by atoms with Gasteiger partial charge in [0.1, 0.15) is 0 Å². The van der Waals surface area contributed by atoms with E-state index >= 15 is 0 Å². The topological polar surface area (TPSA) is 113 Å². The van der Waals surface area contributed by atoms with Crippen molar-refractivity contribution in [1.82, 2.24) is 19.7 Å². The highest BCUT2D eigenvalue weighted by atomic mass is 16.6. The van der Waals surface area contributed by atoms with Crippen LogP contribution in [0.3, 0.4) is 0 Å². The van der Waals surface area contributed by atoms with Crippen LogP contribution in [-0.2, 0) is 6.54 Å². The van der Waals surface area contributed by atoms with E-state index in [1.54, 1.807) is 23.0 Å². The summed E-state index contributed by atoms with van der Waals surface area (Å²) in [6.07, 6.45) is 1.69. The first-order valence-corrected chi connectivity index (χ1v) is 6.23. The van der Waals surface area contributed by atoms with Crippen molar-refractivity contribution in [3.63, 3.8) is 0 Å². The Labute approximate surface area is 119 Å². The van der Waals surface area contributed by atoms with Crippen molar-refractivity contribution < 1.29 is 4.92 Å². The molecule has 21 heavy (non-hydrogen) atoms. The van der Waals surface area contributed by atoms with Gasteiger partial charge < -0.3 is 5.73 Å².